The summed E-state index contributed by atoms with van der Waals surface area (Å²) in [5.41, 5.74) is 11.9. The number of amides is 4. The zero-order valence-electron chi connectivity index (χ0n) is 22.1. The number of guanidine groups is 1. The fourth-order valence-corrected chi connectivity index (χ4v) is 4.20. The summed E-state index contributed by atoms with van der Waals surface area (Å²) >= 11 is 0. The molecule has 2 aromatic carbocycles. The first-order valence-electron chi connectivity index (χ1n) is 13.2. The summed E-state index contributed by atoms with van der Waals surface area (Å²) in [5.74, 6) is -1.60. The number of hydrogen-bond acceptors (Lipinski definition) is 5. The molecule has 208 valence electrons. The standard InChI is InChI=1S/C28H37N7O4/c1-2-3-15-21(26(38)34-23-18-35(27(23)39)20-13-8-5-9-14-20)33-25(37)22(16-10-17-31-28(29)30)32-24(36)19-11-6-4-7-12-19/h4-9,11-14,21-23H,2-3,10,15-18H2,1H3,(H,32,36)(H,33,37)(H,34,38)(H4,29,30,31)/t21-,22-,23-/m0/s1. The Hall–Kier alpha value is -4.41. The van der Waals surface area contributed by atoms with Gasteiger partial charge in [-0.3, -0.25) is 24.2 Å². The van der Waals surface area contributed by atoms with Crippen molar-refractivity contribution in [3.8, 4) is 0 Å². The zero-order valence-corrected chi connectivity index (χ0v) is 22.1. The second kappa shape index (κ2) is 14.5. The van der Waals surface area contributed by atoms with E-state index in [-0.39, 0.29) is 24.8 Å². The van der Waals surface area contributed by atoms with Crippen LogP contribution in [0.1, 0.15) is 49.4 Å². The average Bonchev–Trinajstić information content (AvgIpc) is 2.94. The number of hydrogen-bond donors (Lipinski definition) is 5. The van der Waals surface area contributed by atoms with Gasteiger partial charge in [0, 0.05) is 17.8 Å². The third-order valence-electron chi connectivity index (χ3n) is 6.40. The normalized spacial score (nSPS) is 15.9. The Morgan fingerprint density at radius 2 is 1.54 bits per heavy atom. The maximum atomic E-state index is 13.3. The molecule has 1 saturated heterocycles. The van der Waals surface area contributed by atoms with Crippen LogP contribution >= 0.6 is 0 Å². The average molecular weight is 536 g/mol. The molecule has 11 heteroatoms. The van der Waals surface area contributed by atoms with Gasteiger partial charge in [0.2, 0.25) is 11.8 Å². The summed E-state index contributed by atoms with van der Waals surface area (Å²) in [6, 6.07) is 15.3. The second-order valence-corrected chi connectivity index (χ2v) is 9.39. The van der Waals surface area contributed by atoms with Gasteiger partial charge in [0.15, 0.2) is 5.96 Å². The molecule has 1 aliphatic rings. The van der Waals surface area contributed by atoms with Gasteiger partial charge in [0.25, 0.3) is 11.8 Å². The van der Waals surface area contributed by atoms with Gasteiger partial charge in [-0.1, -0.05) is 56.2 Å². The summed E-state index contributed by atoms with van der Waals surface area (Å²) in [6.45, 7) is 2.62. The van der Waals surface area contributed by atoms with Crippen molar-refractivity contribution in [1.82, 2.24) is 16.0 Å². The quantitative estimate of drug-likeness (QED) is 0.105. The molecular formula is C28H37N7O4. The third kappa shape index (κ3) is 8.56. The Morgan fingerprint density at radius 3 is 2.15 bits per heavy atom. The number of rotatable bonds is 14. The highest BCUT2D eigenvalue weighted by Gasteiger charge is 2.40. The highest BCUT2D eigenvalue weighted by Crippen LogP contribution is 2.21. The molecule has 3 atom stereocenters. The molecule has 1 aliphatic heterocycles. The lowest BCUT2D eigenvalue weighted by atomic mass is 10.0. The predicted octanol–water partition coefficient (Wildman–Crippen LogP) is 1.05. The van der Waals surface area contributed by atoms with Crippen LogP contribution in [-0.4, -0.2) is 60.8 Å². The van der Waals surface area contributed by atoms with Gasteiger partial charge in [-0.15, -0.1) is 0 Å². The maximum Gasteiger partial charge on any atom is 0.251 e. The summed E-state index contributed by atoms with van der Waals surface area (Å²) in [7, 11) is 0. The van der Waals surface area contributed by atoms with Gasteiger partial charge in [-0.2, -0.15) is 0 Å². The Bertz CT molecular complexity index is 1150. The number of nitrogens with two attached hydrogens (primary N) is 2. The van der Waals surface area contributed by atoms with Crippen molar-refractivity contribution in [1.29, 1.82) is 0 Å². The molecule has 11 nitrogen and oxygen atoms in total. The summed E-state index contributed by atoms with van der Waals surface area (Å²) in [6.07, 6.45) is 2.60. The number of benzene rings is 2. The number of β-lactam (4-membered cyclic amide) rings is 1. The van der Waals surface area contributed by atoms with E-state index in [0.29, 0.717) is 31.4 Å². The van der Waals surface area contributed by atoms with E-state index in [1.165, 1.54) is 0 Å². The Morgan fingerprint density at radius 1 is 0.923 bits per heavy atom. The lowest BCUT2D eigenvalue weighted by molar-refractivity contribution is -0.133. The predicted molar refractivity (Wildman–Crippen MR) is 150 cm³/mol. The molecule has 0 aromatic heterocycles. The van der Waals surface area contributed by atoms with E-state index in [1.54, 1.807) is 35.2 Å². The summed E-state index contributed by atoms with van der Waals surface area (Å²) in [4.78, 5) is 57.4. The van der Waals surface area contributed by atoms with E-state index < -0.39 is 35.8 Å². The molecule has 0 bridgehead atoms. The zero-order chi connectivity index (χ0) is 28.2. The molecule has 1 heterocycles. The molecular weight excluding hydrogens is 498 g/mol. The van der Waals surface area contributed by atoms with Crippen molar-refractivity contribution in [3.63, 3.8) is 0 Å². The van der Waals surface area contributed by atoms with E-state index in [9.17, 15) is 19.2 Å². The number of anilines is 1. The van der Waals surface area contributed by atoms with Crippen molar-refractivity contribution in [2.75, 3.05) is 18.0 Å². The van der Waals surface area contributed by atoms with Crippen LogP contribution in [-0.2, 0) is 14.4 Å². The Kier molecular flexibility index (Phi) is 10.8. The molecule has 39 heavy (non-hydrogen) atoms. The van der Waals surface area contributed by atoms with Crippen LogP contribution in [0.2, 0.25) is 0 Å². The van der Waals surface area contributed by atoms with Gasteiger partial charge >= 0.3 is 0 Å². The van der Waals surface area contributed by atoms with Crippen LogP contribution in [0.4, 0.5) is 5.69 Å². The van der Waals surface area contributed by atoms with Gasteiger partial charge in [0.1, 0.15) is 18.1 Å². The first-order chi connectivity index (χ1) is 18.8. The fraction of sp³-hybridized carbons (Fsp3) is 0.393. The molecule has 3 rings (SSSR count). The Labute approximate surface area is 228 Å². The highest BCUT2D eigenvalue weighted by molar-refractivity contribution is 6.06. The van der Waals surface area contributed by atoms with E-state index >= 15 is 0 Å². The molecule has 0 radical (unpaired) electrons. The van der Waals surface area contributed by atoms with Crippen molar-refractivity contribution < 1.29 is 19.2 Å². The van der Waals surface area contributed by atoms with Crippen LogP contribution in [0.3, 0.4) is 0 Å². The first kappa shape index (κ1) is 29.2. The van der Waals surface area contributed by atoms with Crippen LogP contribution in [0.25, 0.3) is 0 Å². The van der Waals surface area contributed by atoms with E-state index in [0.717, 1.165) is 12.1 Å². The summed E-state index contributed by atoms with van der Waals surface area (Å²) in [5, 5.41) is 8.33. The van der Waals surface area contributed by atoms with Crippen LogP contribution in [0, 0.1) is 0 Å². The molecule has 0 saturated carbocycles. The van der Waals surface area contributed by atoms with Crippen molar-refractivity contribution >= 4 is 35.3 Å². The van der Waals surface area contributed by atoms with E-state index in [2.05, 4.69) is 20.9 Å². The number of aliphatic imine (C=N–C) groups is 1. The van der Waals surface area contributed by atoms with Crippen molar-refractivity contribution in [3.05, 3.63) is 66.2 Å². The number of para-hydroxylation sites is 1. The molecule has 0 spiro atoms. The number of unbranched alkanes of at least 4 members (excludes halogenated alkanes) is 1. The minimum atomic E-state index is -0.914. The lowest BCUT2D eigenvalue weighted by Gasteiger charge is -2.39. The molecule has 1 fully saturated rings. The molecule has 4 amide bonds. The van der Waals surface area contributed by atoms with Crippen LogP contribution < -0.4 is 32.3 Å². The van der Waals surface area contributed by atoms with Gasteiger partial charge < -0.3 is 32.3 Å². The number of carbonyl (C=O) groups is 4. The SMILES string of the molecule is CCCC[C@H](NC(=O)[C@H](CCCN=C(N)N)NC(=O)c1ccccc1)C(=O)N[C@H]1CN(c2ccccc2)C1=O. The van der Waals surface area contributed by atoms with Crippen molar-refractivity contribution in [2.45, 2.75) is 57.2 Å². The fourth-order valence-electron chi connectivity index (χ4n) is 4.20. The van der Waals surface area contributed by atoms with Crippen LogP contribution in [0.5, 0.6) is 0 Å². The third-order valence-corrected chi connectivity index (χ3v) is 6.40. The molecule has 7 N–H and O–H groups in total. The monoisotopic (exact) mass is 535 g/mol. The second-order valence-electron chi connectivity index (χ2n) is 9.39. The van der Waals surface area contributed by atoms with Gasteiger partial charge in [-0.25, -0.2) is 0 Å². The van der Waals surface area contributed by atoms with Gasteiger partial charge in [-0.05, 0) is 43.5 Å². The number of carbonyl (C=O) groups excluding carboxylic acids is 4. The largest absolute Gasteiger partial charge is 0.370 e. The van der Waals surface area contributed by atoms with E-state index in [4.69, 9.17) is 11.5 Å². The molecule has 2 aromatic rings. The summed E-state index contributed by atoms with van der Waals surface area (Å²) < 4.78 is 0. The number of nitrogens with zero attached hydrogens (tertiary/aromatic N) is 2. The smallest absolute Gasteiger partial charge is 0.251 e. The van der Waals surface area contributed by atoms with Gasteiger partial charge in [0.05, 0.1) is 6.54 Å². The minimum absolute atomic E-state index is 0.0583. The molecule has 0 unspecified atom stereocenters. The topological polar surface area (TPSA) is 172 Å². The van der Waals surface area contributed by atoms with E-state index in [1.807, 2.05) is 37.3 Å². The lowest BCUT2D eigenvalue weighted by Crippen LogP contribution is -2.66. The van der Waals surface area contributed by atoms with Crippen molar-refractivity contribution in [2.24, 2.45) is 16.5 Å². The number of nitrogens with one attached hydrogen (secondary N) is 3. The molecule has 0 aliphatic carbocycles. The maximum absolute atomic E-state index is 13.3. The highest BCUT2D eigenvalue weighted by atomic mass is 16.2. The first-order valence-corrected chi connectivity index (χ1v) is 13.2. The van der Waals surface area contributed by atoms with Crippen LogP contribution in [0.15, 0.2) is 65.7 Å². The minimum Gasteiger partial charge on any atom is -0.370 e. The Balaban J connectivity index is 1.65.